The van der Waals surface area contributed by atoms with Crippen LogP contribution in [0.25, 0.3) is 0 Å². The van der Waals surface area contributed by atoms with Crippen LogP contribution in [-0.4, -0.2) is 56.7 Å². The van der Waals surface area contributed by atoms with E-state index in [0.29, 0.717) is 19.3 Å². The second-order valence-corrected chi connectivity index (χ2v) is 13.2. The molecule has 1 aliphatic heterocycles. The molecule has 9 nitrogen and oxygen atoms in total. The van der Waals surface area contributed by atoms with Crippen LogP contribution < -0.4 is 20.7 Å². The summed E-state index contributed by atoms with van der Waals surface area (Å²) in [5.41, 5.74) is 1.14. The van der Waals surface area contributed by atoms with Gasteiger partial charge >= 0.3 is 0 Å². The molecule has 3 rings (SSSR count). The van der Waals surface area contributed by atoms with E-state index in [4.69, 9.17) is 0 Å². The summed E-state index contributed by atoms with van der Waals surface area (Å²) in [5.74, 6) is -1.51. The predicted octanol–water partition coefficient (Wildman–Crippen LogP) is 3.09. The van der Waals surface area contributed by atoms with Gasteiger partial charge in [-0.15, -0.1) is 0 Å². The fourth-order valence-electron chi connectivity index (χ4n) is 4.73. The highest BCUT2D eigenvalue weighted by atomic mass is 32.2. The number of carbonyl (C=O) groups excluding carboxylic acids is 3. The summed E-state index contributed by atoms with van der Waals surface area (Å²) in [7, 11) is -3.90. The Hall–Kier alpha value is -3.15. The van der Waals surface area contributed by atoms with E-state index < -0.39 is 51.8 Å². The lowest BCUT2D eigenvalue weighted by Gasteiger charge is -2.25. The third-order valence-electron chi connectivity index (χ3n) is 7.04. The van der Waals surface area contributed by atoms with Crippen molar-refractivity contribution in [3.05, 3.63) is 65.5 Å². The number of aryl methyl sites for hydroxylation is 1. The molecule has 0 aliphatic carbocycles. The molecule has 1 fully saturated rings. The number of carbonyl (C=O) groups is 3. The number of amides is 2. The van der Waals surface area contributed by atoms with Crippen molar-refractivity contribution in [3.63, 3.8) is 0 Å². The first-order chi connectivity index (χ1) is 19.3. The second kappa shape index (κ2) is 14.2. The van der Waals surface area contributed by atoms with Gasteiger partial charge in [0.05, 0.1) is 10.9 Å². The quantitative estimate of drug-likeness (QED) is 0.284. The first-order valence-corrected chi connectivity index (χ1v) is 15.5. The SMILES string of the molecule is Cc1ccc(S(=O)(=O)NC(CCC(C)C)[C@@H]2NCC(NC(=O)[C@H](CC(C)C)NC(=O)c3ccc(F)cc3)C2=O)cc1. The van der Waals surface area contributed by atoms with Gasteiger partial charge in [-0.2, -0.15) is 0 Å². The summed E-state index contributed by atoms with van der Waals surface area (Å²) < 4.78 is 42.3. The highest BCUT2D eigenvalue weighted by Gasteiger charge is 2.41. The lowest BCUT2D eigenvalue weighted by atomic mass is 9.96. The monoisotopic (exact) mass is 588 g/mol. The van der Waals surface area contributed by atoms with Crippen LogP contribution in [0.15, 0.2) is 53.4 Å². The normalized spacial score (nSPS) is 18.9. The minimum absolute atomic E-state index is 0.0565. The molecule has 41 heavy (non-hydrogen) atoms. The number of hydrogen-bond acceptors (Lipinski definition) is 6. The number of sulfonamides is 1. The minimum Gasteiger partial charge on any atom is -0.343 e. The van der Waals surface area contributed by atoms with Gasteiger partial charge in [0.15, 0.2) is 5.78 Å². The molecule has 11 heteroatoms. The van der Waals surface area contributed by atoms with E-state index in [2.05, 4.69) is 20.7 Å². The highest BCUT2D eigenvalue weighted by molar-refractivity contribution is 7.89. The van der Waals surface area contributed by atoms with Crippen LogP contribution in [0.3, 0.4) is 0 Å². The van der Waals surface area contributed by atoms with Crippen molar-refractivity contribution in [1.29, 1.82) is 0 Å². The molecule has 0 saturated carbocycles. The van der Waals surface area contributed by atoms with Crippen LogP contribution in [0.1, 0.15) is 62.9 Å². The van der Waals surface area contributed by atoms with Crippen molar-refractivity contribution < 1.29 is 27.2 Å². The number of ketones is 1. The molecule has 1 heterocycles. The number of halogens is 1. The Balaban J connectivity index is 1.72. The van der Waals surface area contributed by atoms with Gasteiger partial charge in [-0.1, -0.05) is 45.4 Å². The summed E-state index contributed by atoms with van der Waals surface area (Å²) >= 11 is 0. The maximum atomic E-state index is 13.5. The first-order valence-electron chi connectivity index (χ1n) is 14.0. The van der Waals surface area contributed by atoms with Crippen LogP contribution in [0.5, 0.6) is 0 Å². The summed E-state index contributed by atoms with van der Waals surface area (Å²) in [6.07, 6.45) is 1.44. The topological polar surface area (TPSA) is 133 Å². The van der Waals surface area contributed by atoms with Gasteiger partial charge in [-0.3, -0.25) is 14.4 Å². The molecule has 1 saturated heterocycles. The van der Waals surface area contributed by atoms with Crippen LogP contribution in [0.2, 0.25) is 0 Å². The Bertz CT molecular complexity index is 1310. The van der Waals surface area contributed by atoms with Crippen molar-refractivity contribution in [2.75, 3.05) is 6.54 Å². The lowest BCUT2D eigenvalue weighted by Crippen LogP contribution is -2.54. The summed E-state index contributed by atoms with van der Waals surface area (Å²) in [6.45, 7) is 9.84. The number of Topliss-reactive ketones (excluding diaryl/α,β-unsaturated/α-hetero) is 1. The second-order valence-electron chi connectivity index (χ2n) is 11.5. The third kappa shape index (κ3) is 9.17. The molecule has 2 unspecified atom stereocenters. The molecule has 0 radical (unpaired) electrons. The Morgan fingerprint density at radius 2 is 1.61 bits per heavy atom. The minimum atomic E-state index is -3.90. The van der Waals surface area contributed by atoms with E-state index >= 15 is 0 Å². The molecule has 1 aliphatic rings. The molecule has 4 N–H and O–H groups in total. The van der Waals surface area contributed by atoms with E-state index in [1.165, 1.54) is 24.3 Å². The third-order valence-corrected chi connectivity index (χ3v) is 8.54. The summed E-state index contributed by atoms with van der Waals surface area (Å²) in [6, 6.07) is 8.10. The molecule has 2 aromatic rings. The average Bonchev–Trinajstić information content (AvgIpc) is 3.25. The van der Waals surface area contributed by atoms with Crippen LogP contribution in [0.4, 0.5) is 4.39 Å². The molecule has 0 bridgehead atoms. The standard InChI is InChI=1S/C30H41FN4O5S/c1-18(2)6-15-24(35-41(39,40)23-13-7-20(5)8-14-23)27-28(36)26(17-32-27)34-30(38)25(16-19(3)4)33-29(37)21-9-11-22(31)12-10-21/h7-14,18-19,24-27,32,35H,6,15-17H2,1-5H3,(H,33,37)(H,34,38)/t24?,25-,26?,27-/m0/s1. The number of rotatable bonds is 13. The number of hydrogen-bond donors (Lipinski definition) is 4. The van der Waals surface area contributed by atoms with Gasteiger partial charge in [0.2, 0.25) is 15.9 Å². The highest BCUT2D eigenvalue weighted by Crippen LogP contribution is 2.19. The zero-order valence-electron chi connectivity index (χ0n) is 24.2. The summed E-state index contributed by atoms with van der Waals surface area (Å²) in [5, 5.41) is 8.55. The molecule has 4 atom stereocenters. The van der Waals surface area contributed by atoms with E-state index in [1.807, 2.05) is 34.6 Å². The molecule has 2 aromatic carbocycles. The van der Waals surface area contributed by atoms with E-state index in [1.54, 1.807) is 12.1 Å². The van der Waals surface area contributed by atoms with Crippen molar-refractivity contribution in [1.82, 2.24) is 20.7 Å². The molecule has 0 spiro atoms. The van der Waals surface area contributed by atoms with Crippen molar-refractivity contribution >= 4 is 27.6 Å². The van der Waals surface area contributed by atoms with Crippen LogP contribution >= 0.6 is 0 Å². The zero-order chi connectivity index (χ0) is 30.3. The van der Waals surface area contributed by atoms with Gasteiger partial charge in [0.1, 0.15) is 17.9 Å². The molecular formula is C30H41FN4O5S. The van der Waals surface area contributed by atoms with E-state index in [0.717, 1.165) is 17.7 Å². The van der Waals surface area contributed by atoms with Crippen LogP contribution in [0, 0.1) is 24.6 Å². The van der Waals surface area contributed by atoms with Crippen LogP contribution in [-0.2, 0) is 19.6 Å². The Kier molecular flexibility index (Phi) is 11.2. The van der Waals surface area contributed by atoms with E-state index in [9.17, 15) is 27.2 Å². The smallest absolute Gasteiger partial charge is 0.251 e. The molecular weight excluding hydrogens is 547 g/mol. The Morgan fingerprint density at radius 3 is 2.20 bits per heavy atom. The van der Waals surface area contributed by atoms with Gasteiger partial charge < -0.3 is 16.0 Å². The lowest BCUT2D eigenvalue weighted by molar-refractivity contribution is -0.128. The fourth-order valence-corrected chi connectivity index (χ4v) is 6.02. The maximum absolute atomic E-state index is 13.5. The van der Waals surface area contributed by atoms with Crippen molar-refractivity contribution in [2.24, 2.45) is 11.8 Å². The van der Waals surface area contributed by atoms with Gasteiger partial charge in [-0.25, -0.2) is 17.5 Å². The van der Waals surface area contributed by atoms with Crippen molar-refractivity contribution in [3.8, 4) is 0 Å². The molecule has 0 aromatic heterocycles. The Morgan fingerprint density at radius 1 is 0.976 bits per heavy atom. The van der Waals surface area contributed by atoms with Gasteiger partial charge in [0, 0.05) is 18.2 Å². The number of benzene rings is 2. The largest absolute Gasteiger partial charge is 0.343 e. The zero-order valence-corrected chi connectivity index (χ0v) is 25.1. The summed E-state index contributed by atoms with van der Waals surface area (Å²) in [4.78, 5) is 39.6. The maximum Gasteiger partial charge on any atom is 0.251 e. The van der Waals surface area contributed by atoms with Gasteiger partial charge in [-0.05, 0) is 74.4 Å². The predicted molar refractivity (Wildman–Crippen MR) is 155 cm³/mol. The molecule has 224 valence electrons. The average molecular weight is 589 g/mol. The molecule has 2 amide bonds. The van der Waals surface area contributed by atoms with Gasteiger partial charge in [0.25, 0.3) is 5.91 Å². The Labute approximate surface area is 242 Å². The van der Waals surface area contributed by atoms with Crippen molar-refractivity contribution in [2.45, 2.75) is 82.9 Å². The van der Waals surface area contributed by atoms with E-state index in [-0.39, 0.29) is 34.6 Å². The first kappa shape index (κ1) is 32.4. The number of nitrogens with one attached hydrogen (secondary N) is 4. The fraction of sp³-hybridized carbons (Fsp3) is 0.500.